The fraction of sp³-hybridized carbons (Fsp3) is 0.739. The van der Waals surface area contributed by atoms with Gasteiger partial charge in [-0.3, -0.25) is 9.59 Å². The third kappa shape index (κ3) is 2.08. The first-order chi connectivity index (χ1) is 14.1. The van der Waals surface area contributed by atoms with Gasteiger partial charge in [-0.1, -0.05) is 17.7 Å². The number of aliphatic hydroxyl groups excluding tert-OH is 1. The number of carbonyl (C=O) groups is 2. The number of rotatable bonds is 3. The molecule has 0 aromatic carbocycles. The Morgan fingerprint density at radius 1 is 1.13 bits per heavy atom. The van der Waals surface area contributed by atoms with Crippen molar-refractivity contribution in [3.8, 4) is 0 Å². The van der Waals surface area contributed by atoms with Crippen molar-refractivity contribution in [2.75, 3.05) is 7.11 Å². The molecule has 6 rings (SSSR count). The molecule has 162 valence electrons. The molecule has 2 bridgehead atoms. The average Bonchev–Trinajstić information content (AvgIpc) is 3.59. The van der Waals surface area contributed by atoms with Gasteiger partial charge in [0.05, 0.1) is 29.3 Å². The highest BCUT2D eigenvalue weighted by Crippen LogP contribution is 2.69. The van der Waals surface area contributed by atoms with Crippen LogP contribution in [0.3, 0.4) is 0 Å². The Morgan fingerprint density at radius 2 is 1.83 bits per heavy atom. The zero-order valence-electron chi connectivity index (χ0n) is 17.8. The smallest absolute Gasteiger partial charge is 0.190 e. The lowest BCUT2D eigenvalue weighted by Gasteiger charge is -2.55. The maximum absolute atomic E-state index is 14.0. The van der Waals surface area contributed by atoms with Crippen LogP contribution in [-0.4, -0.2) is 72.1 Å². The van der Waals surface area contributed by atoms with E-state index < -0.39 is 53.4 Å². The Bertz CT molecular complexity index is 915. The monoisotopic (exact) mass is 416 g/mol. The molecule has 0 amide bonds. The summed E-state index contributed by atoms with van der Waals surface area (Å²) < 4.78 is 23.7. The van der Waals surface area contributed by atoms with Gasteiger partial charge in [-0.05, 0) is 27.7 Å². The molecule has 3 heterocycles. The zero-order chi connectivity index (χ0) is 21.3. The summed E-state index contributed by atoms with van der Waals surface area (Å²) in [4.78, 5) is 27.1. The van der Waals surface area contributed by atoms with Crippen molar-refractivity contribution in [1.82, 2.24) is 0 Å². The molecular formula is C23H28O7. The van der Waals surface area contributed by atoms with Crippen molar-refractivity contribution in [2.24, 2.45) is 23.2 Å². The second kappa shape index (κ2) is 5.70. The molecule has 7 heteroatoms. The van der Waals surface area contributed by atoms with Crippen LogP contribution in [0.15, 0.2) is 23.3 Å². The summed E-state index contributed by atoms with van der Waals surface area (Å²) in [5.41, 5.74) is -0.0736. The molecule has 7 nitrogen and oxygen atoms in total. The van der Waals surface area contributed by atoms with Gasteiger partial charge in [0.15, 0.2) is 11.6 Å². The summed E-state index contributed by atoms with van der Waals surface area (Å²) in [5.74, 6) is -1.33. The van der Waals surface area contributed by atoms with Crippen LogP contribution in [0.2, 0.25) is 0 Å². The van der Waals surface area contributed by atoms with Gasteiger partial charge >= 0.3 is 0 Å². The van der Waals surface area contributed by atoms with E-state index in [9.17, 15) is 14.7 Å². The largest absolute Gasteiger partial charge is 0.390 e. The minimum Gasteiger partial charge on any atom is -0.390 e. The van der Waals surface area contributed by atoms with Gasteiger partial charge in [-0.2, -0.15) is 0 Å². The first-order valence-corrected chi connectivity index (χ1v) is 10.8. The third-order valence-corrected chi connectivity index (χ3v) is 8.35. The molecule has 0 unspecified atom stereocenters. The maximum atomic E-state index is 14.0. The summed E-state index contributed by atoms with van der Waals surface area (Å²) >= 11 is 0. The van der Waals surface area contributed by atoms with Crippen LogP contribution in [0.5, 0.6) is 0 Å². The number of fused-ring (bicyclic) bond motifs is 4. The zero-order valence-corrected chi connectivity index (χ0v) is 17.8. The number of Topliss-reactive ketones (excluding diaryl/α,β-unsaturated/α-hetero) is 2. The summed E-state index contributed by atoms with van der Waals surface area (Å²) in [7, 11) is 1.63. The van der Waals surface area contributed by atoms with Crippen molar-refractivity contribution in [2.45, 2.75) is 76.0 Å². The van der Waals surface area contributed by atoms with E-state index in [4.69, 9.17) is 18.9 Å². The molecule has 3 saturated heterocycles. The minimum atomic E-state index is -0.962. The number of hydrogen-bond acceptors (Lipinski definition) is 7. The van der Waals surface area contributed by atoms with Gasteiger partial charge in [0.1, 0.15) is 24.4 Å². The molecular weight excluding hydrogens is 388 g/mol. The highest BCUT2D eigenvalue weighted by Gasteiger charge is 2.81. The fourth-order valence-corrected chi connectivity index (χ4v) is 6.90. The quantitative estimate of drug-likeness (QED) is 0.541. The summed E-state index contributed by atoms with van der Waals surface area (Å²) in [6.45, 7) is 7.87. The average molecular weight is 416 g/mol. The van der Waals surface area contributed by atoms with Gasteiger partial charge in [-0.15, -0.1) is 0 Å². The van der Waals surface area contributed by atoms with E-state index >= 15 is 0 Å². The van der Waals surface area contributed by atoms with Crippen LogP contribution in [-0.2, 0) is 28.5 Å². The maximum Gasteiger partial charge on any atom is 0.190 e. The van der Waals surface area contributed by atoms with Crippen LogP contribution in [0.1, 0.15) is 27.7 Å². The molecule has 6 aliphatic rings. The molecule has 1 N–H and O–H groups in total. The van der Waals surface area contributed by atoms with E-state index in [1.54, 1.807) is 7.11 Å². The number of methoxy groups -OCH3 is 1. The van der Waals surface area contributed by atoms with Gasteiger partial charge in [0, 0.05) is 30.4 Å². The van der Waals surface area contributed by atoms with E-state index in [-0.39, 0.29) is 29.7 Å². The van der Waals surface area contributed by atoms with Crippen LogP contribution in [0.25, 0.3) is 0 Å². The van der Waals surface area contributed by atoms with E-state index in [0.717, 1.165) is 5.57 Å². The number of ether oxygens (including phenoxy) is 4. The number of allylic oxidation sites excluding steroid dienone is 1. The SMILES string of the molecule is COC(C)(C)[C@H]1C=C2C(=O)[C@H]3O[C@H]3[C@H](O)[C@H]2[C@@H]2[C@H]3O[C@H](C=C(C)C)[C@]21C(=O)[C@H]1O[C@@H]31. The van der Waals surface area contributed by atoms with Crippen molar-refractivity contribution < 1.29 is 33.6 Å². The van der Waals surface area contributed by atoms with E-state index in [1.807, 2.05) is 39.8 Å². The molecule has 30 heavy (non-hydrogen) atoms. The molecule has 11 atom stereocenters. The second-order valence-electron chi connectivity index (χ2n) is 10.4. The van der Waals surface area contributed by atoms with Crippen LogP contribution in [0.4, 0.5) is 0 Å². The number of ketones is 2. The van der Waals surface area contributed by atoms with E-state index in [1.165, 1.54) is 0 Å². The van der Waals surface area contributed by atoms with E-state index in [0.29, 0.717) is 5.57 Å². The first-order valence-electron chi connectivity index (χ1n) is 10.8. The lowest BCUT2D eigenvalue weighted by atomic mass is 9.46. The highest BCUT2D eigenvalue weighted by molar-refractivity contribution is 6.04. The predicted octanol–water partition coefficient (Wildman–Crippen LogP) is 0.981. The Balaban J connectivity index is 1.62. The molecule has 0 radical (unpaired) electrons. The van der Waals surface area contributed by atoms with Crippen molar-refractivity contribution >= 4 is 11.6 Å². The Labute approximate surface area is 175 Å². The molecule has 5 fully saturated rings. The van der Waals surface area contributed by atoms with Gasteiger partial charge in [-0.25, -0.2) is 0 Å². The number of aliphatic hydroxyl groups is 1. The van der Waals surface area contributed by atoms with Gasteiger partial charge in [0.2, 0.25) is 0 Å². The standard InChI is InChI=1S/C23H28O7/c1-8(2)6-11-23-10(22(3,4)27-5)7-9-12(15(25)18-17(29-18)14(9)24)13(23)16(28-11)19-20(30-19)21(23)26/h6-7,10-13,15-20,25H,1-5H3/t10-,11-,12-,13-,15-,16-,17-,18+,19+,20+,23+/m1/s1. The molecule has 0 aromatic rings. The second-order valence-corrected chi connectivity index (χ2v) is 10.4. The van der Waals surface area contributed by atoms with Crippen molar-refractivity contribution in [1.29, 1.82) is 0 Å². The Kier molecular flexibility index (Phi) is 3.67. The number of epoxide rings is 2. The molecule has 3 aliphatic heterocycles. The third-order valence-electron chi connectivity index (χ3n) is 8.35. The van der Waals surface area contributed by atoms with Crippen LogP contribution >= 0.6 is 0 Å². The summed E-state index contributed by atoms with van der Waals surface area (Å²) in [6, 6.07) is 0. The van der Waals surface area contributed by atoms with Gasteiger partial charge < -0.3 is 24.1 Å². The van der Waals surface area contributed by atoms with E-state index in [2.05, 4.69) is 0 Å². The predicted molar refractivity (Wildman–Crippen MR) is 104 cm³/mol. The van der Waals surface area contributed by atoms with Crippen LogP contribution in [0, 0.1) is 23.2 Å². The van der Waals surface area contributed by atoms with Crippen LogP contribution < -0.4 is 0 Å². The number of carbonyl (C=O) groups excluding carboxylic acids is 2. The first kappa shape index (κ1) is 19.3. The molecule has 0 aromatic heterocycles. The number of hydrogen-bond donors (Lipinski definition) is 1. The Morgan fingerprint density at radius 3 is 2.50 bits per heavy atom. The topological polar surface area (TPSA) is 97.9 Å². The summed E-state index contributed by atoms with van der Waals surface area (Å²) in [6.07, 6.45) is 0.415. The highest BCUT2D eigenvalue weighted by atomic mass is 16.6. The lowest BCUT2D eigenvalue weighted by Crippen LogP contribution is -2.65. The lowest BCUT2D eigenvalue weighted by molar-refractivity contribution is -0.155. The van der Waals surface area contributed by atoms with Gasteiger partial charge in [0.25, 0.3) is 0 Å². The molecule has 3 aliphatic carbocycles. The molecule has 0 spiro atoms. The summed E-state index contributed by atoms with van der Waals surface area (Å²) in [5, 5.41) is 11.2. The normalized spacial score (nSPS) is 52.5. The Hall–Kier alpha value is -1.38. The van der Waals surface area contributed by atoms with Crippen molar-refractivity contribution in [3.05, 3.63) is 23.3 Å². The minimum absolute atomic E-state index is 0.0117. The molecule has 2 saturated carbocycles. The fourth-order valence-electron chi connectivity index (χ4n) is 6.90. The van der Waals surface area contributed by atoms with Crippen molar-refractivity contribution in [3.63, 3.8) is 0 Å².